The molecule has 0 saturated carbocycles. The van der Waals surface area contributed by atoms with Crippen molar-refractivity contribution in [1.82, 2.24) is 5.32 Å². The molecular weight excluding hydrogens is 210 g/mol. The first kappa shape index (κ1) is 15.0. The van der Waals surface area contributed by atoms with Crippen LogP contribution in [-0.2, 0) is 4.74 Å². The molecule has 1 N–H and O–H groups in total. The molecular formula is C15H31NO. The first-order valence-electron chi connectivity index (χ1n) is 7.34. The van der Waals surface area contributed by atoms with E-state index in [2.05, 4.69) is 33.0 Å². The molecule has 0 radical (unpaired) electrons. The molecule has 1 saturated heterocycles. The molecule has 17 heavy (non-hydrogen) atoms. The third-order valence-electron chi connectivity index (χ3n) is 3.63. The fraction of sp³-hybridized carbons (Fsp3) is 1.00. The fourth-order valence-electron chi connectivity index (χ4n) is 2.51. The van der Waals surface area contributed by atoms with Crippen LogP contribution in [-0.4, -0.2) is 25.8 Å². The molecule has 1 fully saturated rings. The van der Waals surface area contributed by atoms with E-state index in [1.54, 1.807) is 0 Å². The minimum Gasteiger partial charge on any atom is -0.381 e. The predicted molar refractivity (Wildman–Crippen MR) is 74.3 cm³/mol. The van der Waals surface area contributed by atoms with Gasteiger partial charge in [0.15, 0.2) is 0 Å². The van der Waals surface area contributed by atoms with E-state index >= 15 is 0 Å². The molecule has 1 rings (SSSR count). The Balaban J connectivity index is 2.40. The number of hydrogen-bond acceptors (Lipinski definition) is 2. The first-order valence-corrected chi connectivity index (χ1v) is 7.34. The molecule has 0 aliphatic carbocycles. The summed E-state index contributed by atoms with van der Waals surface area (Å²) >= 11 is 0. The van der Waals surface area contributed by atoms with Gasteiger partial charge in [-0.15, -0.1) is 0 Å². The van der Waals surface area contributed by atoms with Crippen LogP contribution in [0.15, 0.2) is 0 Å². The lowest BCUT2D eigenvalue weighted by Crippen LogP contribution is -2.41. The van der Waals surface area contributed by atoms with Crippen molar-refractivity contribution in [2.24, 2.45) is 11.3 Å². The largest absolute Gasteiger partial charge is 0.381 e. The summed E-state index contributed by atoms with van der Waals surface area (Å²) in [7, 11) is 0. The number of hydrogen-bond donors (Lipinski definition) is 1. The van der Waals surface area contributed by atoms with Crippen LogP contribution >= 0.6 is 0 Å². The van der Waals surface area contributed by atoms with Crippen LogP contribution in [0.25, 0.3) is 0 Å². The second-order valence-electron chi connectivity index (χ2n) is 6.64. The van der Waals surface area contributed by atoms with Crippen molar-refractivity contribution in [3.8, 4) is 0 Å². The molecule has 102 valence electrons. The van der Waals surface area contributed by atoms with Crippen LogP contribution in [0.1, 0.15) is 59.8 Å². The summed E-state index contributed by atoms with van der Waals surface area (Å²) < 4.78 is 5.63. The van der Waals surface area contributed by atoms with Gasteiger partial charge in [0.25, 0.3) is 0 Å². The third-order valence-corrected chi connectivity index (χ3v) is 3.63. The second-order valence-corrected chi connectivity index (χ2v) is 6.64. The zero-order valence-electron chi connectivity index (χ0n) is 12.2. The van der Waals surface area contributed by atoms with Crippen LogP contribution in [0, 0.1) is 11.3 Å². The predicted octanol–water partition coefficient (Wildman–Crippen LogP) is 3.61. The van der Waals surface area contributed by atoms with E-state index in [-0.39, 0.29) is 0 Å². The Labute approximate surface area is 108 Å². The summed E-state index contributed by atoms with van der Waals surface area (Å²) in [6, 6.07) is 0.662. The van der Waals surface area contributed by atoms with Crippen LogP contribution in [0.2, 0.25) is 0 Å². The minimum absolute atomic E-state index is 0.446. The average Bonchev–Trinajstić information content (AvgIpc) is 2.29. The molecule has 2 unspecified atom stereocenters. The Bertz CT molecular complexity index is 192. The van der Waals surface area contributed by atoms with Crippen LogP contribution in [0.5, 0.6) is 0 Å². The highest BCUT2D eigenvalue weighted by Crippen LogP contribution is 2.26. The number of ether oxygens (including phenoxy) is 1. The minimum atomic E-state index is 0.446. The van der Waals surface area contributed by atoms with Gasteiger partial charge in [-0.1, -0.05) is 27.7 Å². The van der Waals surface area contributed by atoms with Gasteiger partial charge in [-0.2, -0.15) is 0 Å². The summed E-state index contributed by atoms with van der Waals surface area (Å²) in [4.78, 5) is 0. The maximum Gasteiger partial charge on any atom is 0.0509 e. The first-order chi connectivity index (χ1) is 8.03. The number of nitrogens with one attached hydrogen (secondary N) is 1. The molecule has 0 bridgehead atoms. The van der Waals surface area contributed by atoms with E-state index in [1.165, 1.54) is 32.1 Å². The van der Waals surface area contributed by atoms with Crippen LogP contribution < -0.4 is 5.32 Å². The maximum atomic E-state index is 5.63. The summed E-state index contributed by atoms with van der Waals surface area (Å²) in [6.45, 7) is 12.3. The highest BCUT2D eigenvalue weighted by atomic mass is 16.5. The zero-order valence-corrected chi connectivity index (χ0v) is 12.2. The van der Waals surface area contributed by atoms with Gasteiger partial charge in [-0.3, -0.25) is 0 Å². The number of rotatable bonds is 6. The smallest absolute Gasteiger partial charge is 0.0509 e. The molecule has 2 nitrogen and oxygen atoms in total. The Morgan fingerprint density at radius 1 is 1.35 bits per heavy atom. The molecule has 2 heteroatoms. The molecule has 0 aromatic carbocycles. The summed E-state index contributed by atoms with van der Waals surface area (Å²) in [6.07, 6.45) is 6.39. The van der Waals surface area contributed by atoms with E-state index in [4.69, 9.17) is 4.74 Å². The molecule has 1 heterocycles. The topological polar surface area (TPSA) is 21.3 Å². The van der Waals surface area contributed by atoms with Crippen molar-refractivity contribution in [2.45, 2.75) is 65.8 Å². The molecule has 0 aromatic rings. The van der Waals surface area contributed by atoms with Gasteiger partial charge >= 0.3 is 0 Å². The van der Waals surface area contributed by atoms with Gasteiger partial charge in [0.1, 0.15) is 0 Å². The Morgan fingerprint density at radius 2 is 2.12 bits per heavy atom. The Hall–Kier alpha value is -0.0800. The Morgan fingerprint density at radius 3 is 2.65 bits per heavy atom. The van der Waals surface area contributed by atoms with Crippen molar-refractivity contribution < 1.29 is 4.74 Å². The lowest BCUT2D eigenvalue weighted by Gasteiger charge is -2.33. The average molecular weight is 241 g/mol. The van der Waals surface area contributed by atoms with E-state index in [9.17, 15) is 0 Å². The van der Waals surface area contributed by atoms with Crippen molar-refractivity contribution in [3.63, 3.8) is 0 Å². The molecule has 0 amide bonds. The standard InChI is InChI=1S/C15H31NO/c1-5-10-16-14(8-9-15(2,3)4)13-7-6-11-17-12-13/h13-14,16H,5-12H2,1-4H3. The summed E-state index contributed by atoms with van der Waals surface area (Å²) in [5.41, 5.74) is 0.446. The molecule has 0 spiro atoms. The lowest BCUT2D eigenvalue weighted by molar-refractivity contribution is 0.0361. The Kier molecular flexibility index (Phi) is 6.50. The van der Waals surface area contributed by atoms with Crippen molar-refractivity contribution in [2.75, 3.05) is 19.8 Å². The van der Waals surface area contributed by atoms with E-state index < -0.39 is 0 Å². The van der Waals surface area contributed by atoms with Crippen LogP contribution in [0.4, 0.5) is 0 Å². The van der Waals surface area contributed by atoms with Crippen molar-refractivity contribution >= 4 is 0 Å². The molecule has 1 aliphatic heterocycles. The zero-order chi connectivity index (χ0) is 12.7. The maximum absolute atomic E-state index is 5.63. The fourth-order valence-corrected chi connectivity index (χ4v) is 2.51. The van der Waals surface area contributed by atoms with Crippen LogP contribution in [0.3, 0.4) is 0 Å². The quantitative estimate of drug-likeness (QED) is 0.767. The normalized spacial score (nSPS) is 23.6. The van der Waals surface area contributed by atoms with E-state index in [0.29, 0.717) is 11.5 Å². The van der Waals surface area contributed by atoms with E-state index in [0.717, 1.165) is 25.7 Å². The monoisotopic (exact) mass is 241 g/mol. The SMILES string of the molecule is CCCNC(CCC(C)(C)C)C1CCCOC1. The molecule has 2 atom stereocenters. The van der Waals surface area contributed by atoms with Gasteiger partial charge in [0.05, 0.1) is 6.61 Å². The highest BCUT2D eigenvalue weighted by molar-refractivity contribution is 4.80. The summed E-state index contributed by atoms with van der Waals surface area (Å²) in [5.74, 6) is 0.734. The summed E-state index contributed by atoms with van der Waals surface area (Å²) in [5, 5.41) is 3.73. The lowest BCUT2D eigenvalue weighted by atomic mass is 9.83. The van der Waals surface area contributed by atoms with Gasteiger partial charge in [0, 0.05) is 12.6 Å². The second kappa shape index (κ2) is 7.38. The highest BCUT2D eigenvalue weighted by Gasteiger charge is 2.25. The van der Waals surface area contributed by atoms with Gasteiger partial charge in [0.2, 0.25) is 0 Å². The van der Waals surface area contributed by atoms with Gasteiger partial charge < -0.3 is 10.1 Å². The third kappa shape index (κ3) is 6.42. The van der Waals surface area contributed by atoms with Crippen molar-refractivity contribution in [1.29, 1.82) is 0 Å². The van der Waals surface area contributed by atoms with E-state index in [1.807, 2.05) is 0 Å². The van der Waals surface area contributed by atoms with Gasteiger partial charge in [-0.25, -0.2) is 0 Å². The van der Waals surface area contributed by atoms with Crippen molar-refractivity contribution in [3.05, 3.63) is 0 Å². The molecule has 0 aromatic heterocycles. The molecule has 1 aliphatic rings. The van der Waals surface area contributed by atoms with Gasteiger partial charge in [-0.05, 0) is 50.0 Å².